The monoisotopic (exact) mass is 258 g/mol. The number of carbonyl (C=O) groups is 3. The molecule has 0 bridgehead atoms. The summed E-state index contributed by atoms with van der Waals surface area (Å²) < 4.78 is 5.24. The molecule has 7 heteroatoms. The molecule has 2 unspecified atom stereocenters. The summed E-state index contributed by atoms with van der Waals surface area (Å²) in [5.41, 5.74) is 4.95. The van der Waals surface area contributed by atoms with Crippen molar-refractivity contribution in [2.75, 3.05) is 6.61 Å². The second-order valence-corrected chi connectivity index (χ2v) is 4.48. The molecule has 102 valence electrons. The lowest BCUT2D eigenvalue weighted by molar-refractivity contribution is -0.142. The second-order valence-electron chi connectivity index (χ2n) is 4.48. The highest BCUT2D eigenvalue weighted by Gasteiger charge is 2.31. The van der Waals surface area contributed by atoms with Crippen molar-refractivity contribution in [1.82, 2.24) is 5.32 Å². The zero-order valence-corrected chi connectivity index (χ0v) is 10.2. The summed E-state index contributed by atoms with van der Waals surface area (Å²) >= 11 is 0. The lowest BCUT2D eigenvalue weighted by atomic mass is 10.0. The largest absolute Gasteiger partial charge is 0.480 e. The number of aliphatic carboxylic acids is 1. The van der Waals surface area contributed by atoms with Gasteiger partial charge in [-0.1, -0.05) is 0 Å². The van der Waals surface area contributed by atoms with Crippen LogP contribution in [0.15, 0.2) is 0 Å². The summed E-state index contributed by atoms with van der Waals surface area (Å²) in [6.07, 6.45) is 0.511. The summed E-state index contributed by atoms with van der Waals surface area (Å²) in [5.74, 6) is -2.43. The molecule has 0 saturated carbocycles. The highest BCUT2D eigenvalue weighted by atomic mass is 16.5. The van der Waals surface area contributed by atoms with Gasteiger partial charge in [0, 0.05) is 6.42 Å². The Balaban J connectivity index is 2.47. The number of hydrogen-bond acceptors (Lipinski definition) is 4. The zero-order valence-electron chi connectivity index (χ0n) is 10.2. The van der Waals surface area contributed by atoms with Crippen molar-refractivity contribution < 1.29 is 24.2 Å². The molecular weight excluding hydrogens is 240 g/mol. The van der Waals surface area contributed by atoms with E-state index in [1.54, 1.807) is 0 Å². The van der Waals surface area contributed by atoms with Gasteiger partial charge in [-0.25, -0.2) is 4.79 Å². The maximum Gasteiger partial charge on any atom is 0.326 e. The first-order valence-electron chi connectivity index (χ1n) is 5.83. The smallest absolute Gasteiger partial charge is 0.326 e. The van der Waals surface area contributed by atoms with Gasteiger partial charge in [0.2, 0.25) is 11.8 Å². The highest BCUT2D eigenvalue weighted by molar-refractivity contribution is 5.85. The third-order valence-corrected chi connectivity index (χ3v) is 2.86. The number of carbonyl (C=O) groups excluding carboxylic acids is 2. The minimum Gasteiger partial charge on any atom is -0.480 e. The van der Waals surface area contributed by atoms with Crippen LogP contribution in [0.2, 0.25) is 0 Å². The molecule has 3 atom stereocenters. The Morgan fingerprint density at radius 2 is 2.17 bits per heavy atom. The molecule has 1 aliphatic heterocycles. The normalized spacial score (nSPS) is 24.5. The molecule has 0 aliphatic carbocycles. The summed E-state index contributed by atoms with van der Waals surface area (Å²) in [4.78, 5) is 33.3. The molecule has 0 spiro atoms. The van der Waals surface area contributed by atoms with E-state index < -0.39 is 17.9 Å². The molecule has 0 aromatic carbocycles. The summed E-state index contributed by atoms with van der Waals surface area (Å²) in [7, 11) is 0. The second kappa shape index (κ2) is 6.34. The summed E-state index contributed by atoms with van der Waals surface area (Å²) in [6, 6.07) is -1.08. The van der Waals surface area contributed by atoms with Gasteiger partial charge in [-0.2, -0.15) is 0 Å². The van der Waals surface area contributed by atoms with E-state index in [0.29, 0.717) is 13.0 Å². The first-order valence-corrected chi connectivity index (χ1v) is 5.83. The van der Waals surface area contributed by atoms with Crippen molar-refractivity contribution in [2.45, 2.75) is 38.3 Å². The lowest BCUT2D eigenvalue weighted by Crippen LogP contribution is -2.44. The van der Waals surface area contributed by atoms with Crippen molar-refractivity contribution in [3.05, 3.63) is 0 Å². The van der Waals surface area contributed by atoms with Crippen LogP contribution in [0.25, 0.3) is 0 Å². The topological polar surface area (TPSA) is 119 Å². The van der Waals surface area contributed by atoms with Gasteiger partial charge in [0.1, 0.15) is 6.04 Å². The predicted octanol–water partition coefficient (Wildman–Crippen LogP) is -0.754. The first kappa shape index (κ1) is 14.4. The number of nitrogens with one attached hydrogen (secondary N) is 1. The number of primary amides is 1. The first-order chi connectivity index (χ1) is 8.40. The van der Waals surface area contributed by atoms with E-state index in [9.17, 15) is 14.4 Å². The number of rotatable bonds is 6. The van der Waals surface area contributed by atoms with E-state index in [1.165, 1.54) is 0 Å². The Morgan fingerprint density at radius 1 is 1.50 bits per heavy atom. The third kappa shape index (κ3) is 4.33. The van der Waals surface area contributed by atoms with Crippen molar-refractivity contribution in [1.29, 1.82) is 0 Å². The van der Waals surface area contributed by atoms with E-state index >= 15 is 0 Å². The molecule has 1 rings (SSSR count). The van der Waals surface area contributed by atoms with Crippen LogP contribution in [-0.2, 0) is 19.1 Å². The number of carboxylic acid groups (broad SMARTS) is 1. The highest BCUT2D eigenvalue weighted by Crippen LogP contribution is 2.19. The van der Waals surface area contributed by atoms with Gasteiger partial charge >= 0.3 is 5.97 Å². The van der Waals surface area contributed by atoms with Crippen LogP contribution < -0.4 is 11.1 Å². The van der Waals surface area contributed by atoms with Crippen molar-refractivity contribution in [2.24, 2.45) is 11.7 Å². The summed E-state index contributed by atoms with van der Waals surface area (Å²) in [5, 5.41) is 11.3. The maximum atomic E-state index is 11.8. The average Bonchev–Trinajstić information content (AvgIpc) is 2.70. The molecule has 0 radical (unpaired) electrons. The molecular formula is C11H18N2O5. The van der Waals surface area contributed by atoms with Gasteiger partial charge in [-0.3, -0.25) is 9.59 Å². The Bertz CT molecular complexity index is 344. The predicted molar refractivity (Wildman–Crippen MR) is 61.5 cm³/mol. The third-order valence-electron chi connectivity index (χ3n) is 2.86. The Kier molecular flexibility index (Phi) is 5.08. The molecule has 1 aliphatic rings. The quantitative estimate of drug-likeness (QED) is 0.579. The molecule has 1 saturated heterocycles. The van der Waals surface area contributed by atoms with E-state index in [2.05, 4.69) is 5.32 Å². The maximum absolute atomic E-state index is 11.8. The van der Waals surface area contributed by atoms with Gasteiger partial charge in [-0.05, 0) is 19.8 Å². The van der Waals surface area contributed by atoms with Crippen molar-refractivity contribution in [3.8, 4) is 0 Å². The fourth-order valence-electron chi connectivity index (χ4n) is 1.83. The van der Waals surface area contributed by atoms with Gasteiger partial charge in [-0.15, -0.1) is 0 Å². The molecule has 2 amide bonds. The van der Waals surface area contributed by atoms with Crippen LogP contribution >= 0.6 is 0 Å². The van der Waals surface area contributed by atoms with E-state index in [-0.39, 0.29) is 30.8 Å². The average molecular weight is 258 g/mol. The van der Waals surface area contributed by atoms with Gasteiger partial charge in [0.25, 0.3) is 0 Å². The number of nitrogens with two attached hydrogens (primary N) is 1. The fraction of sp³-hybridized carbons (Fsp3) is 0.727. The standard InChI is InChI=1S/C11H18N2O5/c1-6-4-7(5-18-6)10(15)13-8(11(16)17)2-3-9(12)14/h6-8H,2-5H2,1H3,(H2,12,14)(H,13,15)(H,16,17)/t6?,7?,8-/m1/s1. The van der Waals surface area contributed by atoms with Crippen LogP contribution in [0, 0.1) is 5.92 Å². The molecule has 18 heavy (non-hydrogen) atoms. The Hall–Kier alpha value is -1.63. The van der Waals surface area contributed by atoms with Crippen LogP contribution in [0.5, 0.6) is 0 Å². The van der Waals surface area contributed by atoms with E-state index in [1.807, 2.05) is 6.92 Å². The minimum atomic E-state index is -1.17. The summed E-state index contributed by atoms with van der Waals surface area (Å²) in [6.45, 7) is 2.16. The zero-order chi connectivity index (χ0) is 13.7. The van der Waals surface area contributed by atoms with Crippen molar-refractivity contribution in [3.63, 3.8) is 0 Å². The minimum absolute atomic E-state index is 0.000459. The van der Waals surface area contributed by atoms with E-state index in [0.717, 1.165) is 0 Å². The molecule has 1 heterocycles. The number of carboxylic acids is 1. The number of hydrogen-bond donors (Lipinski definition) is 3. The van der Waals surface area contributed by atoms with Gasteiger partial charge < -0.3 is 20.9 Å². The van der Waals surface area contributed by atoms with E-state index in [4.69, 9.17) is 15.6 Å². The van der Waals surface area contributed by atoms with Crippen LogP contribution in [-0.4, -0.2) is 41.6 Å². The molecule has 1 fully saturated rings. The number of ether oxygens (including phenoxy) is 1. The molecule has 4 N–H and O–H groups in total. The van der Waals surface area contributed by atoms with Crippen LogP contribution in [0.1, 0.15) is 26.2 Å². The SMILES string of the molecule is CC1CC(C(=O)N[C@H](CCC(N)=O)C(=O)O)CO1. The Labute approximate surface area is 105 Å². The number of amides is 2. The van der Waals surface area contributed by atoms with Crippen molar-refractivity contribution >= 4 is 17.8 Å². The van der Waals surface area contributed by atoms with Gasteiger partial charge in [0.15, 0.2) is 0 Å². The molecule has 0 aromatic rings. The van der Waals surface area contributed by atoms with Crippen LogP contribution in [0.4, 0.5) is 0 Å². The van der Waals surface area contributed by atoms with Gasteiger partial charge in [0.05, 0.1) is 18.6 Å². The Morgan fingerprint density at radius 3 is 2.61 bits per heavy atom. The van der Waals surface area contributed by atoms with Crippen LogP contribution in [0.3, 0.4) is 0 Å². The molecule has 7 nitrogen and oxygen atoms in total. The fourth-order valence-corrected chi connectivity index (χ4v) is 1.83. The molecule has 0 aromatic heterocycles. The lowest BCUT2D eigenvalue weighted by Gasteiger charge is -2.16.